The molecule has 2 rings (SSSR count). The summed E-state index contributed by atoms with van der Waals surface area (Å²) >= 11 is 1.51. The summed E-state index contributed by atoms with van der Waals surface area (Å²) in [4.78, 5) is 4.57. The molecule has 0 fully saturated rings. The van der Waals surface area contributed by atoms with Crippen LogP contribution in [0.1, 0.15) is 11.3 Å². The molecule has 0 atom stereocenters. The van der Waals surface area contributed by atoms with Crippen molar-refractivity contribution in [2.24, 2.45) is 5.90 Å². The van der Waals surface area contributed by atoms with E-state index in [0.29, 0.717) is 6.61 Å². The normalized spacial score (nSPS) is 10.9. The average molecular weight is 194 g/mol. The molecule has 2 N–H and O–H groups in total. The SMILES string of the molecule is Cc1nsc2cc(CON)ccc12. The van der Waals surface area contributed by atoms with Crippen LogP contribution < -0.4 is 5.90 Å². The highest BCUT2D eigenvalue weighted by Crippen LogP contribution is 2.23. The van der Waals surface area contributed by atoms with Gasteiger partial charge < -0.3 is 0 Å². The number of fused-ring (bicyclic) bond motifs is 1. The Bertz CT molecular complexity index is 424. The lowest BCUT2D eigenvalue weighted by Gasteiger charge is -1.97. The van der Waals surface area contributed by atoms with Gasteiger partial charge in [0, 0.05) is 5.39 Å². The Morgan fingerprint density at radius 1 is 1.54 bits per heavy atom. The summed E-state index contributed by atoms with van der Waals surface area (Å²) in [5.74, 6) is 5.00. The van der Waals surface area contributed by atoms with E-state index in [1.165, 1.54) is 21.6 Å². The van der Waals surface area contributed by atoms with Crippen LogP contribution in [-0.4, -0.2) is 4.37 Å². The van der Waals surface area contributed by atoms with Gasteiger partial charge in [0.25, 0.3) is 0 Å². The first kappa shape index (κ1) is 8.62. The Morgan fingerprint density at radius 2 is 2.38 bits per heavy atom. The third-order valence-corrected chi connectivity index (χ3v) is 2.87. The van der Waals surface area contributed by atoms with Crippen molar-refractivity contribution in [3.8, 4) is 0 Å². The van der Waals surface area contributed by atoms with Gasteiger partial charge in [0.15, 0.2) is 0 Å². The predicted octanol–water partition coefficient (Wildman–Crippen LogP) is 2.00. The van der Waals surface area contributed by atoms with Crippen molar-refractivity contribution in [2.45, 2.75) is 13.5 Å². The Morgan fingerprint density at radius 3 is 3.15 bits per heavy atom. The van der Waals surface area contributed by atoms with Gasteiger partial charge in [0.1, 0.15) is 0 Å². The molecule has 0 aliphatic heterocycles. The first-order chi connectivity index (χ1) is 6.31. The van der Waals surface area contributed by atoms with Gasteiger partial charge >= 0.3 is 0 Å². The number of hydrogen-bond acceptors (Lipinski definition) is 4. The van der Waals surface area contributed by atoms with E-state index in [4.69, 9.17) is 5.90 Å². The first-order valence-corrected chi connectivity index (χ1v) is 4.75. The Balaban J connectivity index is 2.50. The lowest BCUT2D eigenvalue weighted by atomic mass is 10.1. The summed E-state index contributed by atoms with van der Waals surface area (Å²) in [6.07, 6.45) is 0. The van der Waals surface area contributed by atoms with Gasteiger partial charge in [-0.05, 0) is 30.1 Å². The number of nitrogens with two attached hydrogens (primary N) is 1. The summed E-state index contributed by atoms with van der Waals surface area (Å²) in [6, 6.07) is 6.13. The molecular weight excluding hydrogens is 184 g/mol. The molecule has 0 radical (unpaired) electrons. The molecule has 1 aromatic heterocycles. The zero-order valence-corrected chi connectivity index (χ0v) is 8.10. The molecule has 68 valence electrons. The zero-order chi connectivity index (χ0) is 9.26. The van der Waals surface area contributed by atoms with Crippen LogP contribution in [0.3, 0.4) is 0 Å². The highest BCUT2D eigenvalue weighted by Gasteiger charge is 2.02. The van der Waals surface area contributed by atoms with Crippen molar-refractivity contribution in [3.63, 3.8) is 0 Å². The van der Waals surface area contributed by atoms with Gasteiger partial charge in [-0.25, -0.2) is 5.90 Å². The summed E-state index contributed by atoms with van der Waals surface area (Å²) < 4.78 is 5.45. The predicted molar refractivity (Wildman–Crippen MR) is 53.3 cm³/mol. The van der Waals surface area contributed by atoms with E-state index >= 15 is 0 Å². The summed E-state index contributed by atoms with van der Waals surface area (Å²) in [7, 11) is 0. The van der Waals surface area contributed by atoms with Crippen LogP contribution in [0.5, 0.6) is 0 Å². The lowest BCUT2D eigenvalue weighted by molar-refractivity contribution is 0.124. The van der Waals surface area contributed by atoms with Gasteiger partial charge in [0.05, 0.1) is 17.0 Å². The van der Waals surface area contributed by atoms with Gasteiger partial charge in [-0.2, -0.15) is 4.37 Å². The van der Waals surface area contributed by atoms with Crippen LogP contribution in [0.25, 0.3) is 10.1 Å². The monoisotopic (exact) mass is 194 g/mol. The Kier molecular flexibility index (Phi) is 2.26. The number of hydrogen-bond donors (Lipinski definition) is 1. The maximum absolute atomic E-state index is 5.00. The number of aryl methyl sites for hydroxylation is 1. The first-order valence-electron chi connectivity index (χ1n) is 3.98. The van der Waals surface area contributed by atoms with Gasteiger partial charge in [-0.3, -0.25) is 4.84 Å². The van der Waals surface area contributed by atoms with Crippen molar-refractivity contribution >= 4 is 21.6 Å². The van der Waals surface area contributed by atoms with E-state index in [1.54, 1.807) is 0 Å². The second kappa shape index (κ2) is 3.41. The number of rotatable bonds is 2. The molecule has 0 unspecified atom stereocenters. The van der Waals surface area contributed by atoms with E-state index < -0.39 is 0 Å². The minimum atomic E-state index is 0.451. The maximum atomic E-state index is 5.00. The minimum absolute atomic E-state index is 0.451. The van der Waals surface area contributed by atoms with Crippen LogP contribution in [0, 0.1) is 6.92 Å². The Hall–Kier alpha value is -0.970. The highest BCUT2D eigenvalue weighted by atomic mass is 32.1. The van der Waals surface area contributed by atoms with Crippen molar-refractivity contribution < 1.29 is 4.84 Å². The smallest absolute Gasteiger partial charge is 0.0930 e. The number of nitrogens with zero attached hydrogens (tertiary/aromatic N) is 1. The van der Waals surface area contributed by atoms with E-state index in [1.807, 2.05) is 13.0 Å². The molecule has 3 nitrogen and oxygen atoms in total. The number of benzene rings is 1. The molecule has 4 heteroatoms. The minimum Gasteiger partial charge on any atom is -0.300 e. The van der Waals surface area contributed by atoms with E-state index in [9.17, 15) is 0 Å². The van der Waals surface area contributed by atoms with Gasteiger partial charge in [0.2, 0.25) is 0 Å². The molecule has 2 aromatic rings. The second-order valence-corrected chi connectivity index (χ2v) is 3.71. The third-order valence-electron chi connectivity index (χ3n) is 1.97. The topological polar surface area (TPSA) is 48.1 Å². The van der Waals surface area contributed by atoms with Crippen molar-refractivity contribution in [1.82, 2.24) is 4.37 Å². The van der Waals surface area contributed by atoms with Crippen LogP contribution in [0.15, 0.2) is 18.2 Å². The molecule has 0 saturated heterocycles. The summed E-state index contributed by atoms with van der Waals surface area (Å²) in [5, 5.41) is 1.21. The maximum Gasteiger partial charge on any atom is 0.0930 e. The molecule has 0 amide bonds. The fraction of sp³-hybridized carbons (Fsp3) is 0.222. The van der Waals surface area contributed by atoms with Gasteiger partial charge in [-0.15, -0.1) is 0 Å². The zero-order valence-electron chi connectivity index (χ0n) is 7.28. The molecular formula is C9H10N2OS. The molecule has 1 heterocycles. The molecule has 1 aromatic carbocycles. The van der Waals surface area contributed by atoms with Crippen molar-refractivity contribution in [3.05, 3.63) is 29.5 Å². The van der Waals surface area contributed by atoms with Crippen molar-refractivity contribution in [1.29, 1.82) is 0 Å². The highest BCUT2D eigenvalue weighted by molar-refractivity contribution is 7.13. The van der Waals surface area contributed by atoms with E-state index in [2.05, 4.69) is 21.3 Å². The van der Waals surface area contributed by atoms with E-state index in [0.717, 1.165) is 11.3 Å². The van der Waals surface area contributed by atoms with Crippen LogP contribution in [0.2, 0.25) is 0 Å². The largest absolute Gasteiger partial charge is 0.300 e. The standard InChI is InChI=1S/C9H10N2OS/c1-6-8-3-2-7(5-12-10)4-9(8)13-11-6/h2-4H,5,10H2,1H3. The quantitative estimate of drug-likeness (QED) is 0.744. The summed E-state index contributed by atoms with van der Waals surface area (Å²) in [5.41, 5.74) is 2.17. The fourth-order valence-electron chi connectivity index (χ4n) is 1.29. The lowest BCUT2D eigenvalue weighted by Crippen LogP contribution is -1.98. The van der Waals surface area contributed by atoms with Crippen LogP contribution in [-0.2, 0) is 11.4 Å². The fourth-order valence-corrected chi connectivity index (χ4v) is 2.15. The average Bonchev–Trinajstić information content (AvgIpc) is 2.48. The molecule has 13 heavy (non-hydrogen) atoms. The van der Waals surface area contributed by atoms with Gasteiger partial charge in [-0.1, -0.05) is 12.1 Å². The molecule has 0 aliphatic rings. The van der Waals surface area contributed by atoms with Crippen LogP contribution in [0.4, 0.5) is 0 Å². The van der Waals surface area contributed by atoms with E-state index in [-0.39, 0.29) is 0 Å². The van der Waals surface area contributed by atoms with Crippen LogP contribution >= 0.6 is 11.5 Å². The molecule has 0 spiro atoms. The molecule has 0 bridgehead atoms. The van der Waals surface area contributed by atoms with Crippen molar-refractivity contribution in [2.75, 3.05) is 0 Å². The third kappa shape index (κ3) is 1.56. The molecule has 0 saturated carbocycles. The summed E-state index contributed by atoms with van der Waals surface area (Å²) in [6.45, 7) is 2.46. The molecule has 0 aliphatic carbocycles. The Labute approximate surface area is 80.3 Å². The number of aromatic nitrogens is 1. The second-order valence-electron chi connectivity index (χ2n) is 2.91.